The summed E-state index contributed by atoms with van der Waals surface area (Å²) >= 11 is 0. The third-order valence-corrected chi connectivity index (χ3v) is 6.69. The van der Waals surface area contributed by atoms with Gasteiger partial charge in [0.2, 0.25) is 5.91 Å². The highest BCUT2D eigenvalue weighted by atomic mass is 28.3. The summed E-state index contributed by atoms with van der Waals surface area (Å²) in [5, 5.41) is 9.22. The molecule has 28 heavy (non-hydrogen) atoms. The van der Waals surface area contributed by atoms with Crippen molar-refractivity contribution in [3.63, 3.8) is 0 Å². The summed E-state index contributed by atoms with van der Waals surface area (Å²) in [5.74, 6) is 0.653. The number of hydrogen-bond donors (Lipinski definition) is 3. The van der Waals surface area contributed by atoms with E-state index in [-0.39, 0.29) is 30.1 Å². The average molecular weight is 414 g/mol. The Morgan fingerprint density at radius 3 is 2.32 bits per heavy atom. The van der Waals surface area contributed by atoms with Crippen molar-refractivity contribution in [1.29, 1.82) is 0 Å². The topological polar surface area (TPSA) is 79.5 Å². The summed E-state index contributed by atoms with van der Waals surface area (Å²) in [5.41, 5.74) is -0.240. The predicted octanol–water partition coefficient (Wildman–Crippen LogP) is 3.89. The number of carbonyl (C=O) groups is 2. The summed E-state index contributed by atoms with van der Waals surface area (Å²) < 4.78 is 5.33. The van der Waals surface area contributed by atoms with Crippen molar-refractivity contribution in [1.82, 2.24) is 16.0 Å². The van der Waals surface area contributed by atoms with Crippen LogP contribution in [0.3, 0.4) is 0 Å². The first-order chi connectivity index (χ1) is 12.9. The second kappa shape index (κ2) is 11.8. The van der Waals surface area contributed by atoms with E-state index in [0.717, 1.165) is 12.5 Å². The molecular weight excluding hydrogens is 370 g/mol. The van der Waals surface area contributed by atoms with Gasteiger partial charge in [0.25, 0.3) is 0 Å². The fourth-order valence-electron chi connectivity index (χ4n) is 3.47. The van der Waals surface area contributed by atoms with Crippen molar-refractivity contribution in [3.8, 4) is 0 Å². The van der Waals surface area contributed by atoms with Gasteiger partial charge in [0, 0.05) is 26.2 Å². The fourth-order valence-corrected chi connectivity index (χ4v) is 4.19. The van der Waals surface area contributed by atoms with Crippen LogP contribution in [-0.2, 0) is 9.53 Å². The molecule has 6 nitrogen and oxygen atoms in total. The van der Waals surface area contributed by atoms with Crippen molar-refractivity contribution in [2.45, 2.75) is 96.6 Å². The molecule has 1 aliphatic carbocycles. The third kappa shape index (κ3) is 13.2. The number of rotatable bonds is 10. The van der Waals surface area contributed by atoms with Gasteiger partial charge < -0.3 is 20.7 Å². The molecular formula is C21H43N3O3Si. The van der Waals surface area contributed by atoms with E-state index in [4.69, 9.17) is 4.74 Å². The minimum Gasteiger partial charge on any atom is -0.450 e. The molecule has 3 N–H and O–H groups in total. The van der Waals surface area contributed by atoms with Gasteiger partial charge in [-0.05, 0) is 39.2 Å². The number of hydrogen-bond acceptors (Lipinski definition) is 4. The third-order valence-electron chi connectivity index (χ3n) is 4.99. The fraction of sp³-hybridized carbons (Fsp3) is 0.905. The zero-order valence-corrected chi connectivity index (χ0v) is 20.0. The van der Waals surface area contributed by atoms with E-state index in [2.05, 4.69) is 35.6 Å². The number of ether oxygens (including phenoxy) is 1. The summed E-state index contributed by atoms with van der Waals surface area (Å²) in [7, 11) is -1.21. The molecule has 1 rings (SSSR count). The van der Waals surface area contributed by atoms with E-state index in [9.17, 15) is 9.59 Å². The maximum absolute atomic E-state index is 12.1. The molecule has 0 aromatic rings. The summed E-state index contributed by atoms with van der Waals surface area (Å²) in [4.78, 5) is 24.2. The highest BCUT2D eigenvalue weighted by molar-refractivity contribution is 6.76. The van der Waals surface area contributed by atoms with E-state index >= 15 is 0 Å². The summed E-state index contributed by atoms with van der Waals surface area (Å²) in [6, 6.07) is 1.05. The molecule has 0 aromatic heterocycles. The number of carbonyl (C=O) groups excluding carboxylic acids is 2. The highest BCUT2D eigenvalue weighted by Crippen LogP contribution is 2.27. The Morgan fingerprint density at radius 1 is 1.11 bits per heavy atom. The molecule has 0 bridgehead atoms. The van der Waals surface area contributed by atoms with E-state index in [1.807, 2.05) is 20.8 Å². The van der Waals surface area contributed by atoms with Crippen molar-refractivity contribution >= 4 is 20.1 Å². The maximum Gasteiger partial charge on any atom is 0.407 e. The first-order valence-electron chi connectivity index (χ1n) is 10.9. The Labute approximate surface area is 172 Å². The molecule has 2 amide bonds. The van der Waals surface area contributed by atoms with Gasteiger partial charge >= 0.3 is 6.09 Å². The average Bonchev–Trinajstić information content (AvgIpc) is 2.55. The minimum absolute atomic E-state index is 0.0149. The molecule has 1 unspecified atom stereocenters. The van der Waals surface area contributed by atoms with Gasteiger partial charge in [-0.25, -0.2) is 4.79 Å². The number of alkyl carbamates (subject to hydrolysis) is 1. The van der Waals surface area contributed by atoms with Gasteiger partial charge in [0.1, 0.15) is 0 Å². The molecule has 1 saturated carbocycles. The van der Waals surface area contributed by atoms with Gasteiger partial charge in [-0.1, -0.05) is 51.7 Å². The van der Waals surface area contributed by atoms with Crippen LogP contribution in [-0.4, -0.2) is 51.4 Å². The van der Waals surface area contributed by atoms with Crippen LogP contribution >= 0.6 is 0 Å². The van der Waals surface area contributed by atoms with E-state index in [0.29, 0.717) is 19.1 Å². The molecule has 7 heteroatoms. The lowest BCUT2D eigenvalue weighted by molar-refractivity contribution is -0.121. The smallest absolute Gasteiger partial charge is 0.407 e. The largest absolute Gasteiger partial charge is 0.450 e. The molecule has 0 aromatic carbocycles. The predicted molar refractivity (Wildman–Crippen MR) is 118 cm³/mol. The zero-order valence-electron chi connectivity index (χ0n) is 19.0. The monoisotopic (exact) mass is 413 g/mol. The lowest BCUT2D eigenvalue weighted by Crippen LogP contribution is -2.49. The lowest BCUT2D eigenvalue weighted by atomic mass is 9.85. The van der Waals surface area contributed by atoms with Gasteiger partial charge in [-0.3, -0.25) is 4.79 Å². The molecule has 164 valence electrons. The van der Waals surface area contributed by atoms with Gasteiger partial charge in [0.05, 0.1) is 13.2 Å². The maximum atomic E-state index is 12.1. The normalized spacial score (nSPS) is 17.1. The van der Waals surface area contributed by atoms with Crippen molar-refractivity contribution in [2.75, 3.05) is 19.7 Å². The van der Waals surface area contributed by atoms with Crippen LogP contribution in [0.15, 0.2) is 0 Å². The van der Waals surface area contributed by atoms with Gasteiger partial charge in [-0.15, -0.1) is 0 Å². The lowest BCUT2D eigenvalue weighted by Gasteiger charge is -2.28. The summed E-state index contributed by atoms with van der Waals surface area (Å²) in [6.45, 7) is 14.0. The zero-order chi connectivity index (χ0) is 21.2. The van der Waals surface area contributed by atoms with Crippen LogP contribution in [0.2, 0.25) is 25.7 Å². The molecule has 0 spiro atoms. The van der Waals surface area contributed by atoms with Crippen LogP contribution < -0.4 is 16.0 Å². The first kappa shape index (κ1) is 25.0. The standard InChI is InChI=1S/C21H43N3O3Si/c1-21(2,3)24-19(25)16-22-18(14-17-10-8-7-9-11-17)15-23-20(26)27-12-13-28(4,5)6/h17-18,22H,7-16H2,1-6H3,(H,23,26)(H,24,25). The van der Waals surface area contributed by atoms with Crippen LogP contribution in [0.5, 0.6) is 0 Å². The SMILES string of the molecule is CC(C)(C)NC(=O)CNC(CNC(=O)OCC[Si](C)(C)C)CC1CCCCC1. The molecule has 1 aliphatic rings. The van der Waals surface area contributed by atoms with E-state index in [1.165, 1.54) is 32.1 Å². The highest BCUT2D eigenvalue weighted by Gasteiger charge is 2.21. The van der Waals surface area contributed by atoms with Gasteiger partial charge in [0.15, 0.2) is 0 Å². The minimum atomic E-state index is -1.21. The Hall–Kier alpha value is -1.08. The van der Waals surface area contributed by atoms with Crippen LogP contribution in [0, 0.1) is 5.92 Å². The Morgan fingerprint density at radius 2 is 1.75 bits per heavy atom. The van der Waals surface area contributed by atoms with Crippen LogP contribution in [0.1, 0.15) is 59.3 Å². The van der Waals surface area contributed by atoms with Crippen LogP contribution in [0.4, 0.5) is 4.79 Å². The first-order valence-corrected chi connectivity index (χ1v) is 14.6. The van der Waals surface area contributed by atoms with E-state index in [1.54, 1.807) is 0 Å². The number of amides is 2. The second-order valence-corrected chi connectivity index (χ2v) is 16.1. The number of nitrogens with one attached hydrogen (secondary N) is 3. The van der Waals surface area contributed by atoms with E-state index < -0.39 is 8.07 Å². The van der Waals surface area contributed by atoms with Gasteiger partial charge in [-0.2, -0.15) is 0 Å². The molecule has 0 heterocycles. The van der Waals surface area contributed by atoms with Crippen molar-refractivity contribution in [3.05, 3.63) is 0 Å². The molecule has 0 radical (unpaired) electrons. The van der Waals surface area contributed by atoms with Crippen molar-refractivity contribution < 1.29 is 14.3 Å². The van der Waals surface area contributed by atoms with Crippen molar-refractivity contribution in [2.24, 2.45) is 5.92 Å². The Bertz CT molecular complexity index is 480. The molecule has 0 aliphatic heterocycles. The Kier molecular flexibility index (Phi) is 10.5. The molecule has 0 saturated heterocycles. The second-order valence-electron chi connectivity index (χ2n) is 10.4. The Balaban J connectivity index is 2.45. The molecule has 1 atom stereocenters. The summed E-state index contributed by atoms with van der Waals surface area (Å²) in [6.07, 6.45) is 7.01. The van der Waals surface area contributed by atoms with Crippen LogP contribution in [0.25, 0.3) is 0 Å². The quantitative estimate of drug-likeness (QED) is 0.475. The molecule has 1 fully saturated rings.